The molecule has 0 nitrogen and oxygen atoms in total. The number of allylic oxidation sites excluding steroid dienone is 4. The minimum Gasteiger partial charge on any atom is -0.207 e. The fourth-order valence-corrected chi connectivity index (χ4v) is 4.67. The summed E-state index contributed by atoms with van der Waals surface area (Å²) in [7, 11) is 0. The number of hydrogen-bond donors (Lipinski definition) is 0. The molecule has 1 heteroatoms. The Balaban J connectivity index is 2.17. The lowest BCUT2D eigenvalue weighted by Crippen LogP contribution is -2.30. The van der Waals surface area contributed by atoms with Gasteiger partial charge in [-0.3, -0.25) is 0 Å². The molecule has 1 aliphatic rings. The molecule has 4 rings (SSSR count). The van der Waals surface area contributed by atoms with Crippen LogP contribution in [0.3, 0.4) is 0 Å². The van der Waals surface area contributed by atoms with E-state index in [0.717, 1.165) is 24.0 Å². The molecule has 0 radical (unpaired) electrons. The Kier molecular flexibility index (Phi) is 5.00. The van der Waals surface area contributed by atoms with Crippen molar-refractivity contribution in [1.82, 2.24) is 0 Å². The molecule has 0 aromatic heterocycles. The van der Waals surface area contributed by atoms with Gasteiger partial charge >= 0.3 is 0 Å². The van der Waals surface area contributed by atoms with E-state index in [4.69, 9.17) is 0 Å². The first-order chi connectivity index (χ1) is 13.7. The monoisotopic (exact) mass is 368 g/mol. The fourth-order valence-electron chi connectivity index (χ4n) is 4.67. The zero-order valence-corrected chi connectivity index (χ0v) is 16.5. The second-order valence-electron chi connectivity index (χ2n) is 7.23. The molecule has 0 aliphatic heterocycles. The van der Waals surface area contributed by atoms with Gasteiger partial charge in [-0.05, 0) is 58.4 Å². The molecular weight excluding hydrogens is 343 g/mol. The maximum Gasteiger partial charge on any atom is 0.123 e. The largest absolute Gasteiger partial charge is 0.207 e. The summed E-state index contributed by atoms with van der Waals surface area (Å²) in [6, 6.07) is 26.3. The van der Waals surface area contributed by atoms with Gasteiger partial charge < -0.3 is 0 Å². The number of benzene rings is 3. The highest BCUT2D eigenvalue weighted by Gasteiger charge is 2.46. The third kappa shape index (κ3) is 2.74. The zero-order chi connectivity index (χ0) is 19.6. The Morgan fingerprint density at radius 2 is 1.43 bits per heavy atom. The molecule has 0 heterocycles. The lowest BCUT2D eigenvalue weighted by Gasteiger charge is -2.35. The Bertz CT molecular complexity index is 987. The van der Waals surface area contributed by atoms with E-state index in [9.17, 15) is 4.39 Å². The Morgan fingerprint density at radius 3 is 1.96 bits per heavy atom. The number of hydrogen-bond acceptors (Lipinski definition) is 0. The SMILES string of the molecule is CC/C=C\C1=C(CC)C(c2ccccc2)(c2ccccc2)c2cc(F)ccc21. The normalized spacial score (nSPS) is 15.2. The standard InChI is InChI=1S/C27H25F/c1-3-5-16-23-24-18-17-22(28)19-26(24)27(25(23)4-2,20-12-8-6-9-13-20)21-14-10-7-11-15-21/h5-19H,3-4H2,1-2H3/b16-5-. The van der Waals surface area contributed by atoms with E-state index in [-0.39, 0.29) is 5.82 Å². The van der Waals surface area contributed by atoms with Crippen molar-refractivity contribution in [2.45, 2.75) is 32.1 Å². The van der Waals surface area contributed by atoms with Crippen LogP contribution in [0, 0.1) is 5.82 Å². The maximum absolute atomic E-state index is 14.5. The van der Waals surface area contributed by atoms with Gasteiger partial charge in [-0.1, -0.05) is 92.7 Å². The van der Waals surface area contributed by atoms with E-state index in [1.165, 1.54) is 22.3 Å². The molecule has 0 spiro atoms. The van der Waals surface area contributed by atoms with E-state index in [0.29, 0.717) is 0 Å². The van der Waals surface area contributed by atoms with Gasteiger partial charge in [0.1, 0.15) is 5.82 Å². The zero-order valence-electron chi connectivity index (χ0n) is 16.5. The van der Waals surface area contributed by atoms with E-state index >= 15 is 0 Å². The van der Waals surface area contributed by atoms with Crippen LogP contribution in [0.2, 0.25) is 0 Å². The topological polar surface area (TPSA) is 0 Å². The second kappa shape index (κ2) is 7.59. The summed E-state index contributed by atoms with van der Waals surface area (Å²) in [5.74, 6) is -0.189. The van der Waals surface area contributed by atoms with Crippen LogP contribution in [0.4, 0.5) is 4.39 Å². The lowest BCUT2D eigenvalue weighted by molar-refractivity contribution is 0.618. The molecule has 0 N–H and O–H groups in total. The molecule has 0 saturated heterocycles. The Morgan fingerprint density at radius 1 is 0.821 bits per heavy atom. The average Bonchev–Trinajstić information content (AvgIpc) is 3.02. The number of rotatable bonds is 5. The third-order valence-corrected chi connectivity index (χ3v) is 5.74. The third-order valence-electron chi connectivity index (χ3n) is 5.74. The van der Waals surface area contributed by atoms with Crippen LogP contribution in [0.5, 0.6) is 0 Å². The summed E-state index contributed by atoms with van der Waals surface area (Å²) in [5.41, 5.74) is 6.63. The van der Waals surface area contributed by atoms with Crippen molar-refractivity contribution < 1.29 is 4.39 Å². The molecule has 3 aromatic rings. The first-order valence-corrected chi connectivity index (χ1v) is 10.0. The summed E-state index contributed by atoms with van der Waals surface area (Å²) >= 11 is 0. The number of halogens is 1. The predicted octanol–water partition coefficient (Wildman–Crippen LogP) is 7.30. The molecule has 1 aliphatic carbocycles. The molecule has 0 atom stereocenters. The first kappa shape index (κ1) is 18.4. The van der Waals surface area contributed by atoms with Crippen molar-refractivity contribution in [1.29, 1.82) is 0 Å². The van der Waals surface area contributed by atoms with Crippen molar-refractivity contribution in [3.63, 3.8) is 0 Å². The van der Waals surface area contributed by atoms with Crippen molar-refractivity contribution in [3.05, 3.63) is 125 Å². The quantitative estimate of drug-likeness (QED) is 0.443. The molecule has 3 aromatic carbocycles. The molecule has 28 heavy (non-hydrogen) atoms. The second-order valence-corrected chi connectivity index (χ2v) is 7.23. The number of fused-ring (bicyclic) bond motifs is 1. The predicted molar refractivity (Wildman–Crippen MR) is 116 cm³/mol. The Hall–Kier alpha value is -2.93. The molecule has 140 valence electrons. The van der Waals surface area contributed by atoms with Gasteiger partial charge in [0, 0.05) is 0 Å². The molecule has 0 unspecified atom stereocenters. The van der Waals surface area contributed by atoms with E-state index in [2.05, 4.69) is 74.5 Å². The van der Waals surface area contributed by atoms with Crippen molar-refractivity contribution in [3.8, 4) is 0 Å². The van der Waals surface area contributed by atoms with Crippen molar-refractivity contribution >= 4 is 5.57 Å². The van der Waals surface area contributed by atoms with Gasteiger partial charge in [0.15, 0.2) is 0 Å². The summed E-state index contributed by atoms with van der Waals surface area (Å²) in [6.45, 7) is 4.35. The van der Waals surface area contributed by atoms with E-state index in [1.807, 2.05) is 18.2 Å². The fraction of sp³-hybridized carbons (Fsp3) is 0.185. The highest BCUT2D eigenvalue weighted by Crippen LogP contribution is 2.55. The van der Waals surface area contributed by atoms with Gasteiger partial charge in [0.2, 0.25) is 0 Å². The van der Waals surface area contributed by atoms with Gasteiger partial charge in [0.05, 0.1) is 5.41 Å². The summed E-state index contributed by atoms with van der Waals surface area (Å²) in [4.78, 5) is 0. The van der Waals surface area contributed by atoms with Crippen LogP contribution in [-0.2, 0) is 5.41 Å². The minimum atomic E-state index is -0.470. The van der Waals surface area contributed by atoms with Gasteiger partial charge in [-0.2, -0.15) is 0 Å². The van der Waals surface area contributed by atoms with Crippen LogP contribution in [0.15, 0.2) is 96.6 Å². The van der Waals surface area contributed by atoms with Gasteiger partial charge in [-0.15, -0.1) is 0 Å². The minimum absolute atomic E-state index is 0.189. The Labute approximate surface area is 167 Å². The lowest BCUT2D eigenvalue weighted by atomic mass is 9.66. The summed E-state index contributed by atoms with van der Waals surface area (Å²) in [5, 5.41) is 0. The van der Waals surface area contributed by atoms with Crippen LogP contribution in [0.25, 0.3) is 5.57 Å². The molecule has 0 amide bonds. The van der Waals surface area contributed by atoms with E-state index < -0.39 is 5.41 Å². The summed E-state index contributed by atoms with van der Waals surface area (Å²) in [6.07, 6.45) is 6.29. The van der Waals surface area contributed by atoms with E-state index in [1.54, 1.807) is 12.1 Å². The molecule has 0 bridgehead atoms. The molecule has 0 saturated carbocycles. The maximum atomic E-state index is 14.5. The van der Waals surface area contributed by atoms with Crippen LogP contribution in [0.1, 0.15) is 48.9 Å². The van der Waals surface area contributed by atoms with Crippen LogP contribution >= 0.6 is 0 Å². The van der Waals surface area contributed by atoms with Crippen molar-refractivity contribution in [2.24, 2.45) is 0 Å². The molecular formula is C27H25F. The highest BCUT2D eigenvalue weighted by atomic mass is 19.1. The summed E-state index contributed by atoms with van der Waals surface area (Å²) < 4.78 is 14.5. The highest BCUT2D eigenvalue weighted by molar-refractivity contribution is 5.90. The van der Waals surface area contributed by atoms with Gasteiger partial charge in [-0.25, -0.2) is 4.39 Å². The smallest absolute Gasteiger partial charge is 0.123 e. The molecule has 0 fully saturated rings. The van der Waals surface area contributed by atoms with Crippen LogP contribution < -0.4 is 0 Å². The van der Waals surface area contributed by atoms with Crippen LogP contribution in [-0.4, -0.2) is 0 Å². The first-order valence-electron chi connectivity index (χ1n) is 10.0. The average molecular weight is 368 g/mol. The van der Waals surface area contributed by atoms with Crippen molar-refractivity contribution in [2.75, 3.05) is 0 Å². The van der Waals surface area contributed by atoms with Gasteiger partial charge in [0.25, 0.3) is 0 Å².